The van der Waals surface area contributed by atoms with E-state index in [1.54, 1.807) is 0 Å². The van der Waals surface area contributed by atoms with Gasteiger partial charge in [-0.25, -0.2) is 4.99 Å². The Kier molecular flexibility index (Phi) is 8.66. The predicted molar refractivity (Wildman–Crippen MR) is 126 cm³/mol. The van der Waals surface area contributed by atoms with Crippen LogP contribution in [0.15, 0.2) is 23.2 Å². The molecule has 0 atom stereocenters. The topological polar surface area (TPSA) is 42.9 Å². The fourth-order valence-electron chi connectivity index (χ4n) is 3.66. The largest absolute Gasteiger partial charge is 0.378 e. The van der Waals surface area contributed by atoms with Gasteiger partial charge in [-0.15, -0.1) is 24.0 Å². The molecule has 0 radical (unpaired) electrons. The average Bonchev–Trinajstić information content (AvgIpc) is 3.46. The lowest BCUT2D eigenvalue weighted by Gasteiger charge is -2.33. The molecule has 1 saturated heterocycles. The molecule has 1 saturated carbocycles. The fraction of sp³-hybridized carbons (Fsp3) is 0.667. The first-order valence-corrected chi connectivity index (χ1v) is 10.1. The lowest BCUT2D eigenvalue weighted by Crippen LogP contribution is -2.49. The third kappa shape index (κ3) is 6.52. The highest BCUT2D eigenvalue weighted by Gasteiger charge is 2.31. The molecule has 0 amide bonds. The Hall–Kier alpha value is -1.02. The minimum Gasteiger partial charge on any atom is -0.378 e. The van der Waals surface area contributed by atoms with Crippen LogP contribution < -0.4 is 15.5 Å². The van der Waals surface area contributed by atoms with Gasteiger partial charge >= 0.3 is 0 Å². The summed E-state index contributed by atoms with van der Waals surface area (Å²) < 4.78 is 0. The first kappa shape index (κ1) is 22.3. The first-order chi connectivity index (χ1) is 12.6. The molecular formula is C21H36IN5. The number of rotatable bonds is 6. The summed E-state index contributed by atoms with van der Waals surface area (Å²) in [4.78, 5) is 9.65. The van der Waals surface area contributed by atoms with Crippen LogP contribution in [-0.4, -0.2) is 56.7 Å². The standard InChI is InChI=1S/C21H35N5.HI/c1-5-22-21(24-18-10-12-26(13-11-18)19-8-9-19)23-15-17-6-7-20(25(3)4)14-16(17)2;/h6-7,14,18-19H,5,8-13,15H2,1-4H3,(H2,22,23,24);1H. The number of halogens is 1. The minimum atomic E-state index is 0. The molecule has 6 heteroatoms. The number of guanidine groups is 1. The quantitative estimate of drug-likeness (QED) is 0.369. The van der Waals surface area contributed by atoms with Crippen LogP contribution >= 0.6 is 24.0 Å². The first-order valence-electron chi connectivity index (χ1n) is 10.1. The van der Waals surface area contributed by atoms with Crippen molar-refractivity contribution in [1.82, 2.24) is 15.5 Å². The van der Waals surface area contributed by atoms with E-state index in [4.69, 9.17) is 4.99 Å². The summed E-state index contributed by atoms with van der Waals surface area (Å²) in [7, 11) is 4.16. The highest BCUT2D eigenvalue weighted by Crippen LogP contribution is 2.29. The summed E-state index contributed by atoms with van der Waals surface area (Å²) >= 11 is 0. The van der Waals surface area contributed by atoms with E-state index in [-0.39, 0.29) is 24.0 Å². The Morgan fingerprint density at radius 3 is 2.44 bits per heavy atom. The molecule has 152 valence electrons. The maximum Gasteiger partial charge on any atom is 0.191 e. The Bertz CT molecular complexity index is 619. The van der Waals surface area contributed by atoms with Crippen molar-refractivity contribution in [3.8, 4) is 0 Å². The zero-order valence-corrected chi connectivity index (χ0v) is 19.6. The molecule has 0 aromatic heterocycles. The molecule has 1 aliphatic carbocycles. The number of nitrogens with zero attached hydrogens (tertiary/aromatic N) is 3. The van der Waals surface area contributed by atoms with E-state index in [1.165, 1.54) is 55.6 Å². The minimum absolute atomic E-state index is 0. The molecule has 3 rings (SSSR count). The lowest BCUT2D eigenvalue weighted by atomic mass is 10.1. The zero-order chi connectivity index (χ0) is 18.5. The average molecular weight is 485 g/mol. The van der Waals surface area contributed by atoms with E-state index < -0.39 is 0 Å². The van der Waals surface area contributed by atoms with Gasteiger partial charge in [-0.3, -0.25) is 0 Å². The normalized spacial score (nSPS) is 18.7. The summed E-state index contributed by atoms with van der Waals surface area (Å²) in [6.07, 6.45) is 5.26. The van der Waals surface area contributed by atoms with Crippen LogP contribution in [0.3, 0.4) is 0 Å². The number of piperidine rings is 1. The van der Waals surface area contributed by atoms with E-state index in [9.17, 15) is 0 Å². The summed E-state index contributed by atoms with van der Waals surface area (Å²) in [5.41, 5.74) is 3.83. The molecule has 1 aromatic carbocycles. The fourth-order valence-corrected chi connectivity index (χ4v) is 3.66. The second-order valence-corrected chi connectivity index (χ2v) is 7.89. The molecule has 27 heavy (non-hydrogen) atoms. The SMILES string of the molecule is CCNC(=NCc1ccc(N(C)C)cc1C)NC1CCN(C2CC2)CC1.I. The Balaban J connectivity index is 0.00000261. The van der Waals surface area contributed by atoms with Crippen LogP contribution in [-0.2, 0) is 6.54 Å². The van der Waals surface area contributed by atoms with Gasteiger partial charge in [0.1, 0.15) is 0 Å². The number of aliphatic imine (C=N–C) groups is 1. The van der Waals surface area contributed by atoms with Crippen molar-refractivity contribution in [3.05, 3.63) is 29.3 Å². The lowest BCUT2D eigenvalue weighted by molar-refractivity contribution is 0.197. The zero-order valence-electron chi connectivity index (χ0n) is 17.3. The number of likely N-dealkylation sites (tertiary alicyclic amines) is 1. The van der Waals surface area contributed by atoms with E-state index >= 15 is 0 Å². The molecule has 0 spiro atoms. The van der Waals surface area contributed by atoms with Crippen LogP contribution in [0, 0.1) is 6.92 Å². The van der Waals surface area contributed by atoms with Crippen molar-refractivity contribution >= 4 is 35.6 Å². The molecule has 2 fully saturated rings. The molecule has 2 N–H and O–H groups in total. The van der Waals surface area contributed by atoms with E-state index in [0.717, 1.165) is 25.1 Å². The number of nitrogens with one attached hydrogen (secondary N) is 2. The van der Waals surface area contributed by atoms with Gasteiger partial charge in [0.25, 0.3) is 0 Å². The molecule has 1 aliphatic heterocycles. The summed E-state index contributed by atoms with van der Waals surface area (Å²) in [6.45, 7) is 8.37. The van der Waals surface area contributed by atoms with Crippen LogP contribution in [0.25, 0.3) is 0 Å². The van der Waals surface area contributed by atoms with Crippen molar-refractivity contribution in [2.24, 2.45) is 4.99 Å². The monoisotopic (exact) mass is 485 g/mol. The van der Waals surface area contributed by atoms with Gasteiger partial charge in [0, 0.05) is 51.5 Å². The second kappa shape index (κ2) is 10.5. The molecule has 1 aromatic rings. The summed E-state index contributed by atoms with van der Waals surface area (Å²) in [6, 6.07) is 8.04. The van der Waals surface area contributed by atoms with Gasteiger partial charge in [0.2, 0.25) is 0 Å². The van der Waals surface area contributed by atoms with Gasteiger partial charge < -0.3 is 20.4 Å². The predicted octanol–water partition coefficient (Wildman–Crippen LogP) is 3.36. The van der Waals surface area contributed by atoms with Gasteiger partial charge in [0.05, 0.1) is 6.54 Å². The highest BCUT2D eigenvalue weighted by atomic mass is 127. The van der Waals surface area contributed by atoms with E-state index in [2.05, 4.69) is 66.6 Å². The third-order valence-corrected chi connectivity index (χ3v) is 5.53. The number of benzene rings is 1. The van der Waals surface area contributed by atoms with Crippen molar-refractivity contribution in [1.29, 1.82) is 0 Å². The van der Waals surface area contributed by atoms with Crippen molar-refractivity contribution < 1.29 is 0 Å². The van der Waals surface area contributed by atoms with Crippen molar-refractivity contribution in [3.63, 3.8) is 0 Å². The number of anilines is 1. The van der Waals surface area contributed by atoms with Gasteiger partial charge in [-0.2, -0.15) is 0 Å². The Morgan fingerprint density at radius 1 is 1.19 bits per heavy atom. The van der Waals surface area contributed by atoms with Gasteiger partial charge in [-0.05, 0) is 62.8 Å². The van der Waals surface area contributed by atoms with Gasteiger partial charge in [0.15, 0.2) is 5.96 Å². The molecule has 2 aliphatic rings. The highest BCUT2D eigenvalue weighted by molar-refractivity contribution is 14.0. The third-order valence-electron chi connectivity index (χ3n) is 5.53. The molecular weight excluding hydrogens is 449 g/mol. The maximum atomic E-state index is 4.85. The Labute approximate surface area is 182 Å². The summed E-state index contributed by atoms with van der Waals surface area (Å²) in [5, 5.41) is 7.07. The van der Waals surface area contributed by atoms with Crippen LogP contribution in [0.1, 0.15) is 43.7 Å². The number of hydrogen-bond donors (Lipinski definition) is 2. The molecule has 5 nitrogen and oxygen atoms in total. The number of aryl methyl sites for hydroxylation is 1. The maximum absolute atomic E-state index is 4.85. The second-order valence-electron chi connectivity index (χ2n) is 7.89. The smallest absolute Gasteiger partial charge is 0.191 e. The van der Waals surface area contributed by atoms with Crippen molar-refractivity contribution in [2.45, 2.75) is 58.2 Å². The Morgan fingerprint density at radius 2 is 1.89 bits per heavy atom. The van der Waals surface area contributed by atoms with Crippen LogP contribution in [0.5, 0.6) is 0 Å². The van der Waals surface area contributed by atoms with E-state index in [0.29, 0.717) is 6.04 Å². The number of hydrogen-bond acceptors (Lipinski definition) is 3. The molecule has 0 unspecified atom stereocenters. The van der Waals surface area contributed by atoms with Crippen molar-refractivity contribution in [2.75, 3.05) is 38.6 Å². The molecule has 0 bridgehead atoms. The molecule has 1 heterocycles. The van der Waals surface area contributed by atoms with Crippen LogP contribution in [0.4, 0.5) is 5.69 Å². The van der Waals surface area contributed by atoms with Gasteiger partial charge in [-0.1, -0.05) is 6.07 Å². The van der Waals surface area contributed by atoms with E-state index in [1.807, 2.05) is 0 Å². The van der Waals surface area contributed by atoms with Crippen LogP contribution in [0.2, 0.25) is 0 Å². The summed E-state index contributed by atoms with van der Waals surface area (Å²) in [5.74, 6) is 0.952.